The van der Waals surface area contributed by atoms with Crippen LogP contribution in [0.1, 0.15) is 31.9 Å². The highest BCUT2D eigenvalue weighted by atomic mass is 16.7. The summed E-state index contributed by atoms with van der Waals surface area (Å²) in [6, 6.07) is 20.5. The quantitative estimate of drug-likeness (QED) is 0.360. The maximum atomic E-state index is 6.18. The van der Waals surface area contributed by atoms with Crippen LogP contribution in [-0.2, 0) is 36.9 Å². The van der Waals surface area contributed by atoms with E-state index in [1.807, 2.05) is 57.2 Å². The van der Waals surface area contributed by atoms with E-state index in [0.29, 0.717) is 46.2 Å². The molecule has 0 amide bonds. The first-order chi connectivity index (χ1) is 15.8. The third-order valence-electron chi connectivity index (χ3n) is 6.02. The van der Waals surface area contributed by atoms with E-state index in [1.54, 1.807) is 0 Å². The highest BCUT2D eigenvalue weighted by molar-refractivity contribution is 5.14. The Labute approximate surface area is 193 Å². The number of hydrogen-bond donors (Lipinski definition) is 0. The van der Waals surface area contributed by atoms with Crippen LogP contribution in [0.3, 0.4) is 0 Å². The van der Waals surface area contributed by atoms with Gasteiger partial charge in [-0.3, -0.25) is 0 Å². The van der Waals surface area contributed by atoms with E-state index in [9.17, 15) is 0 Å². The van der Waals surface area contributed by atoms with E-state index >= 15 is 0 Å². The van der Waals surface area contributed by atoms with Gasteiger partial charge in [-0.15, -0.1) is 0 Å². The Bertz CT molecular complexity index is 732. The number of ether oxygens (including phenoxy) is 5. The molecule has 0 aliphatic heterocycles. The van der Waals surface area contributed by atoms with Gasteiger partial charge in [-0.05, 0) is 37.8 Å². The molecule has 0 N–H and O–H groups in total. The van der Waals surface area contributed by atoms with Gasteiger partial charge >= 0.3 is 0 Å². The Morgan fingerprint density at radius 2 is 1.16 bits per heavy atom. The lowest BCUT2D eigenvalue weighted by Gasteiger charge is -2.53. The van der Waals surface area contributed by atoms with Gasteiger partial charge in [0.15, 0.2) is 6.29 Å². The third kappa shape index (κ3) is 6.87. The molecule has 32 heavy (non-hydrogen) atoms. The molecule has 0 bridgehead atoms. The molecule has 1 aliphatic rings. The molecule has 0 saturated heterocycles. The number of hydrogen-bond acceptors (Lipinski definition) is 5. The topological polar surface area (TPSA) is 46.2 Å². The van der Waals surface area contributed by atoms with Crippen molar-refractivity contribution in [1.82, 2.24) is 0 Å². The van der Waals surface area contributed by atoms with Crippen molar-refractivity contribution in [2.75, 3.05) is 33.0 Å². The summed E-state index contributed by atoms with van der Waals surface area (Å²) in [5.74, 6) is 0.605. The molecule has 2 aromatic rings. The van der Waals surface area contributed by atoms with Crippen molar-refractivity contribution in [3.63, 3.8) is 0 Å². The standard InChI is InChI=1S/C27H38O5/c1-4-30-26-24(20-29-18-22-15-11-8-12-16-22)23(25(26)27(31-5-2)32-6-3)19-28-17-21-13-9-7-10-14-21/h7-16,23-27H,4-6,17-20H2,1-3H3/t23?,24-,25?,26-/m1/s1. The van der Waals surface area contributed by atoms with Gasteiger partial charge in [-0.25, -0.2) is 0 Å². The molecule has 0 spiro atoms. The SMILES string of the molecule is CCOC(OCC)C1C(COCc2ccccc2)[C@@H](COCc2ccccc2)[C@H]1OCC. The van der Waals surface area contributed by atoms with E-state index in [2.05, 4.69) is 24.3 Å². The van der Waals surface area contributed by atoms with Crippen LogP contribution in [0.5, 0.6) is 0 Å². The molecule has 1 aliphatic carbocycles. The molecular formula is C27H38O5. The van der Waals surface area contributed by atoms with Gasteiger partial charge in [0.25, 0.3) is 0 Å². The van der Waals surface area contributed by atoms with E-state index in [4.69, 9.17) is 23.7 Å². The fraction of sp³-hybridized carbons (Fsp3) is 0.556. The second kappa shape index (κ2) is 13.7. The van der Waals surface area contributed by atoms with Crippen LogP contribution in [0.2, 0.25) is 0 Å². The minimum absolute atomic E-state index is 0.0317. The largest absolute Gasteiger partial charge is 0.378 e. The lowest BCUT2D eigenvalue weighted by Crippen LogP contribution is -2.61. The summed E-state index contributed by atoms with van der Waals surface area (Å²) >= 11 is 0. The van der Waals surface area contributed by atoms with Crippen LogP contribution < -0.4 is 0 Å². The van der Waals surface area contributed by atoms with Gasteiger partial charge in [-0.2, -0.15) is 0 Å². The Morgan fingerprint density at radius 3 is 1.62 bits per heavy atom. The second-order valence-electron chi connectivity index (χ2n) is 8.11. The first-order valence-electron chi connectivity index (χ1n) is 11.9. The average Bonchev–Trinajstić information content (AvgIpc) is 2.82. The lowest BCUT2D eigenvalue weighted by atomic mass is 9.62. The average molecular weight is 443 g/mol. The van der Waals surface area contributed by atoms with Crippen molar-refractivity contribution in [2.24, 2.45) is 17.8 Å². The van der Waals surface area contributed by atoms with E-state index in [-0.39, 0.29) is 30.1 Å². The van der Waals surface area contributed by atoms with Crippen molar-refractivity contribution in [1.29, 1.82) is 0 Å². The zero-order chi connectivity index (χ0) is 22.6. The molecule has 0 heterocycles. The summed E-state index contributed by atoms with van der Waals surface area (Å²) in [5.41, 5.74) is 2.35. The molecule has 2 unspecified atom stereocenters. The fourth-order valence-electron chi connectivity index (χ4n) is 4.52. The summed E-state index contributed by atoms with van der Waals surface area (Å²) in [6.45, 7) is 10.3. The Hall–Kier alpha value is -1.76. The van der Waals surface area contributed by atoms with Crippen LogP contribution >= 0.6 is 0 Å². The van der Waals surface area contributed by atoms with Gasteiger partial charge in [0.2, 0.25) is 0 Å². The highest BCUT2D eigenvalue weighted by Crippen LogP contribution is 2.46. The second-order valence-corrected chi connectivity index (χ2v) is 8.11. The summed E-state index contributed by atoms with van der Waals surface area (Å²) in [5, 5.41) is 0. The van der Waals surface area contributed by atoms with Crippen LogP contribution in [0.15, 0.2) is 60.7 Å². The number of rotatable bonds is 15. The Morgan fingerprint density at radius 1 is 0.656 bits per heavy atom. The molecule has 1 fully saturated rings. The van der Waals surface area contributed by atoms with Crippen LogP contribution in [-0.4, -0.2) is 45.4 Å². The van der Waals surface area contributed by atoms with Gasteiger partial charge < -0.3 is 23.7 Å². The van der Waals surface area contributed by atoms with E-state index < -0.39 is 0 Å². The minimum Gasteiger partial charge on any atom is -0.378 e. The van der Waals surface area contributed by atoms with E-state index in [0.717, 1.165) is 0 Å². The van der Waals surface area contributed by atoms with Crippen LogP contribution in [0.25, 0.3) is 0 Å². The van der Waals surface area contributed by atoms with E-state index in [1.165, 1.54) is 11.1 Å². The first kappa shape index (κ1) is 24.9. The molecule has 3 rings (SSSR count). The predicted molar refractivity (Wildman–Crippen MR) is 125 cm³/mol. The zero-order valence-corrected chi connectivity index (χ0v) is 19.7. The molecule has 5 heteroatoms. The molecule has 176 valence electrons. The smallest absolute Gasteiger partial charge is 0.163 e. The minimum atomic E-state index is -0.294. The first-order valence-corrected chi connectivity index (χ1v) is 11.9. The molecule has 0 radical (unpaired) electrons. The van der Waals surface area contributed by atoms with Gasteiger partial charge in [0.05, 0.1) is 32.5 Å². The molecule has 5 nitrogen and oxygen atoms in total. The monoisotopic (exact) mass is 442 g/mol. The number of benzene rings is 2. The zero-order valence-electron chi connectivity index (χ0n) is 19.7. The predicted octanol–water partition coefficient (Wildman–Crippen LogP) is 5.09. The maximum absolute atomic E-state index is 6.18. The molecule has 0 aromatic heterocycles. The van der Waals surface area contributed by atoms with Gasteiger partial charge in [-0.1, -0.05) is 60.7 Å². The summed E-state index contributed by atoms with van der Waals surface area (Å²) in [6.07, 6.45) is -0.263. The molecule has 4 atom stereocenters. The maximum Gasteiger partial charge on any atom is 0.163 e. The van der Waals surface area contributed by atoms with Crippen molar-refractivity contribution in [3.05, 3.63) is 71.8 Å². The Balaban J connectivity index is 1.66. The molecular weight excluding hydrogens is 404 g/mol. The lowest BCUT2D eigenvalue weighted by molar-refractivity contribution is -0.274. The van der Waals surface area contributed by atoms with Gasteiger partial charge in [0, 0.05) is 31.7 Å². The summed E-state index contributed by atoms with van der Waals surface area (Å²) in [7, 11) is 0. The van der Waals surface area contributed by atoms with Gasteiger partial charge in [0.1, 0.15) is 0 Å². The Kier molecular flexibility index (Phi) is 10.7. The van der Waals surface area contributed by atoms with Crippen molar-refractivity contribution in [3.8, 4) is 0 Å². The van der Waals surface area contributed by atoms with Crippen LogP contribution in [0, 0.1) is 17.8 Å². The van der Waals surface area contributed by atoms with Crippen LogP contribution in [0.4, 0.5) is 0 Å². The summed E-state index contributed by atoms with van der Waals surface area (Å²) in [4.78, 5) is 0. The summed E-state index contributed by atoms with van der Waals surface area (Å²) < 4.78 is 30.4. The fourth-order valence-corrected chi connectivity index (χ4v) is 4.52. The molecule has 2 aromatic carbocycles. The van der Waals surface area contributed by atoms with Crippen molar-refractivity contribution in [2.45, 2.75) is 46.4 Å². The third-order valence-corrected chi connectivity index (χ3v) is 6.02. The van der Waals surface area contributed by atoms with Crippen molar-refractivity contribution >= 4 is 0 Å². The normalized spacial score (nSPS) is 22.8. The molecule has 1 saturated carbocycles. The van der Waals surface area contributed by atoms with Crippen molar-refractivity contribution < 1.29 is 23.7 Å². The highest BCUT2D eigenvalue weighted by Gasteiger charge is 2.55.